The van der Waals surface area contributed by atoms with Gasteiger partial charge in [-0.05, 0) is 103 Å². The molecule has 1 heterocycles. The summed E-state index contributed by atoms with van der Waals surface area (Å²) in [5, 5.41) is 2.98. The lowest BCUT2D eigenvalue weighted by Gasteiger charge is -2.18. The van der Waals surface area contributed by atoms with E-state index in [0.717, 1.165) is 63.1 Å². The Morgan fingerprint density at radius 2 is 1.73 bits per heavy atom. The summed E-state index contributed by atoms with van der Waals surface area (Å²) >= 11 is 0. The van der Waals surface area contributed by atoms with Crippen molar-refractivity contribution in [1.29, 1.82) is 0 Å². The van der Waals surface area contributed by atoms with Gasteiger partial charge in [-0.2, -0.15) is 0 Å². The molecule has 0 radical (unpaired) electrons. The first-order valence-electron chi connectivity index (χ1n) is 13.9. The quantitative estimate of drug-likeness (QED) is 0.245. The number of nitrogens with zero attached hydrogens (tertiary/aromatic N) is 1. The van der Waals surface area contributed by atoms with Crippen molar-refractivity contribution in [2.75, 3.05) is 13.2 Å². The molecular formula is C32H35N3O6. The molecule has 9 heteroatoms. The van der Waals surface area contributed by atoms with E-state index in [0.29, 0.717) is 25.5 Å². The molecule has 0 saturated heterocycles. The van der Waals surface area contributed by atoms with Crippen LogP contribution in [0, 0.1) is 26.7 Å². The van der Waals surface area contributed by atoms with E-state index in [4.69, 9.17) is 14.0 Å². The monoisotopic (exact) mass is 557 g/mol. The highest BCUT2D eigenvalue weighted by molar-refractivity contribution is 5.80. The number of H-pyrrole nitrogens is 1. The standard InChI is InChI=1S/C32H35N3O6/c1-20-16-27(39-15-5-14-33-30(36)24-10-11-24)17-21(2)29(20)28-7-4-6-25(22(28)3)19-40-26-12-8-23(9-13-26)18-35-31(37)34-32(38)41-35/h4,6-9,12-13,16-17,24H,5,10-11,14-15,18-19H2,1-3H3,(H,33,36)(H,34,37,38). The molecule has 1 fully saturated rings. The molecular weight excluding hydrogens is 522 g/mol. The van der Waals surface area contributed by atoms with Crippen molar-refractivity contribution in [1.82, 2.24) is 15.0 Å². The Labute approximate surface area is 238 Å². The van der Waals surface area contributed by atoms with E-state index in [9.17, 15) is 14.4 Å². The van der Waals surface area contributed by atoms with E-state index in [2.05, 4.69) is 55.3 Å². The minimum absolute atomic E-state index is 0.153. The van der Waals surface area contributed by atoms with Crippen LogP contribution in [0.2, 0.25) is 0 Å². The van der Waals surface area contributed by atoms with Crippen LogP contribution in [-0.2, 0) is 17.9 Å². The van der Waals surface area contributed by atoms with Crippen LogP contribution in [0.1, 0.15) is 47.1 Å². The van der Waals surface area contributed by atoms with Gasteiger partial charge in [-0.25, -0.2) is 14.6 Å². The minimum atomic E-state index is -0.774. The maximum absolute atomic E-state index is 11.8. The maximum atomic E-state index is 11.8. The number of hydrogen-bond acceptors (Lipinski definition) is 6. The second kappa shape index (κ2) is 12.3. The number of ether oxygens (including phenoxy) is 2. The fraction of sp³-hybridized carbons (Fsp3) is 0.344. The molecule has 2 N–H and O–H groups in total. The number of carbonyl (C=O) groups is 1. The predicted molar refractivity (Wildman–Crippen MR) is 155 cm³/mol. The van der Waals surface area contributed by atoms with Gasteiger partial charge in [0.15, 0.2) is 0 Å². The fourth-order valence-electron chi connectivity index (χ4n) is 4.94. The largest absolute Gasteiger partial charge is 0.494 e. The van der Waals surface area contributed by atoms with Crippen LogP contribution < -0.4 is 26.2 Å². The van der Waals surface area contributed by atoms with Crippen LogP contribution in [0.5, 0.6) is 11.5 Å². The molecule has 0 aliphatic heterocycles. The van der Waals surface area contributed by atoms with Crippen molar-refractivity contribution in [3.8, 4) is 22.6 Å². The lowest BCUT2D eigenvalue weighted by molar-refractivity contribution is -0.122. The topological polar surface area (TPSA) is 116 Å². The van der Waals surface area contributed by atoms with E-state index < -0.39 is 11.4 Å². The normalized spacial score (nSPS) is 12.8. The van der Waals surface area contributed by atoms with Crippen molar-refractivity contribution >= 4 is 5.91 Å². The van der Waals surface area contributed by atoms with Gasteiger partial charge in [0, 0.05) is 12.5 Å². The molecule has 1 aromatic heterocycles. The van der Waals surface area contributed by atoms with Gasteiger partial charge in [0.1, 0.15) is 18.1 Å². The van der Waals surface area contributed by atoms with Crippen LogP contribution in [0.3, 0.4) is 0 Å². The van der Waals surface area contributed by atoms with Crippen molar-refractivity contribution in [2.45, 2.75) is 53.2 Å². The highest BCUT2D eigenvalue weighted by Gasteiger charge is 2.29. The third kappa shape index (κ3) is 6.98. The first-order valence-corrected chi connectivity index (χ1v) is 13.9. The predicted octanol–water partition coefficient (Wildman–Crippen LogP) is 4.64. The zero-order chi connectivity index (χ0) is 28.9. The first kappa shape index (κ1) is 28.0. The highest BCUT2D eigenvalue weighted by atomic mass is 16.5. The van der Waals surface area contributed by atoms with Gasteiger partial charge in [0.25, 0.3) is 0 Å². The van der Waals surface area contributed by atoms with Crippen molar-refractivity contribution < 1.29 is 18.8 Å². The summed E-state index contributed by atoms with van der Waals surface area (Å²) in [7, 11) is 0. The van der Waals surface area contributed by atoms with Gasteiger partial charge in [-0.3, -0.25) is 4.79 Å². The number of aromatic nitrogens is 2. The number of amides is 1. The molecule has 9 nitrogen and oxygen atoms in total. The van der Waals surface area contributed by atoms with Crippen molar-refractivity contribution in [2.24, 2.45) is 5.92 Å². The molecule has 41 heavy (non-hydrogen) atoms. The smallest absolute Gasteiger partial charge is 0.440 e. The molecule has 1 saturated carbocycles. The average Bonchev–Trinajstić information content (AvgIpc) is 3.74. The summed E-state index contributed by atoms with van der Waals surface area (Å²) in [6.45, 7) is 8.06. The van der Waals surface area contributed by atoms with Crippen molar-refractivity contribution in [3.63, 3.8) is 0 Å². The molecule has 5 rings (SSSR count). The minimum Gasteiger partial charge on any atom is -0.494 e. The molecule has 0 atom stereocenters. The number of rotatable bonds is 12. The molecule has 1 aliphatic rings. The third-order valence-corrected chi connectivity index (χ3v) is 7.33. The number of hydrogen-bond donors (Lipinski definition) is 2. The Morgan fingerprint density at radius 3 is 2.39 bits per heavy atom. The van der Waals surface area contributed by atoms with Gasteiger partial charge in [0.05, 0.1) is 13.2 Å². The summed E-state index contributed by atoms with van der Waals surface area (Å²) in [5.74, 6) is 1.16. The van der Waals surface area contributed by atoms with Gasteiger partial charge in [-0.15, -0.1) is 4.74 Å². The summed E-state index contributed by atoms with van der Waals surface area (Å²) in [5.41, 5.74) is 7.07. The molecule has 0 spiro atoms. The summed E-state index contributed by atoms with van der Waals surface area (Å²) < 4.78 is 17.9. The molecule has 0 bridgehead atoms. The van der Waals surface area contributed by atoms with Gasteiger partial charge < -0.3 is 19.3 Å². The van der Waals surface area contributed by atoms with E-state index in [1.807, 2.05) is 30.3 Å². The van der Waals surface area contributed by atoms with Crippen molar-refractivity contribution in [3.05, 3.63) is 103 Å². The lowest BCUT2D eigenvalue weighted by Crippen LogP contribution is -2.26. The van der Waals surface area contributed by atoms with E-state index in [1.165, 1.54) is 5.56 Å². The fourth-order valence-corrected chi connectivity index (χ4v) is 4.94. The van der Waals surface area contributed by atoms with Crippen LogP contribution in [0.15, 0.2) is 68.7 Å². The summed E-state index contributed by atoms with van der Waals surface area (Å²) in [4.78, 5) is 36.7. The summed E-state index contributed by atoms with van der Waals surface area (Å²) in [6, 6.07) is 17.7. The number of carbonyl (C=O) groups excluding carboxylic acids is 1. The van der Waals surface area contributed by atoms with E-state index >= 15 is 0 Å². The van der Waals surface area contributed by atoms with Crippen LogP contribution in [0.4, 0.5) is 0 Å². The molecule has 0 unspecified atom stereocenters. The Hall–Kier alpha value is -4.53. The van der Waals surface area contributed by atoms with E-state index in [-0.39, 0.29) is 18.4 Å². The molecule has 214 valence electrons. The number of benzene rings is 3. The molecule has 1 amide bonds. The Bertz CT molecular complexity index is 1620. The zero-order valence-electron chi connectivity index (χ0n) is 23.6. The maximum Gasteiger partial charge on any atom is 0.440 e. The molecule has 4 aromatic rings. The Kier molecular flexibility index (Phi) is 8.42. The first-order chi connectivity index (χ1) is 19.8. The lowest BCUT2D eigenvalue weighted by atomic mass is 9.90. The Morgan fingerprint density at radius 1 is 1.00 bits per heavy atom. The highest BCUT2D eigenvalue weighted by Crippen LogP contribution is 2.34. The van der Waals surface area contributed by atoms with Gasteiger partial charge in [-0.1, -0.05) is 30.3 Å². The number of aryl methyl sites for hydroxylation is 2. The Balaban J connectivity index is 1.20. The van der Waals surface area contributed by atoms with E-state index in [1.54, 1.807) is 0 Å². The molecule has 3 aromatic carbocycles. The van der Waals surface area contributed by atoms with Gasteiger partial charge in [0.2, 0.25) is 5.91 Å². The summed E-state index contributed by atoms with van der Waals surface area (Å²) in [6.07, 6.45) is 2.80. The van der Waals surface area contributed by atoms with Crippen LogP contribution >= 0.6 is 0 Å². The van der Waals surface area contributed by atoms with Crippen LogP contribution in [-0.4, -0.2) is 28.8 Å². The SMILES string of the molecule is Cc1cc(OCCCNC(=O)C2CC2)cc(C)c1-c1cccc(COc2ccc(Cn3oc(=O)[nH]c3=O)cc2)c1C. The zero-order valence-corrected chi connectivity index (χ0v) is 23.6. The third-order valence-electron chi connectivity index (χ3n) is 7.33. The van der Waals surface area contributed by atoms with Crippen LogP contribution in [0.25, 0.3) is 11.1 Å². The second-order valence-electron chi connectivity index (χ2n) is 10.6. The molecule has 1 aliphatic carbocycles. The second-order valence-corrected chi connectivity index (χ2v) is 10.6. The van der Waals surface area contributed by atoms with Gasteiger partial charge >= 0.3 is 11.4 Å². The number of nitrogens with one attached hydrogen (secondary N) is 2. The number of aromatic amines is 1. The average molecular weight is 558 g/mol.